The molecule has 1 aliphatic carbocycles. The van der Waals surface area contributed by atoms with Crippen molar-refractivity contribution in [2.45, 2.75) is 60.0 Å². The highest BCUT2D eigenvalue weighted by atomic mass is 19.1. The predicted octanol–water partition coefficient (Wildman–Crippen LogP) is 4.39. The van der Waals surface area contributed by atoms with Crippen LogP contribution in [-0.2, 0) is 11.3 Å². The van der Waals surface area contributed by atoms with E-state index in [1.165, 1.54) is 17.7 Å². The Morgan fingerprint density at radius 2 is 1.77 bits per heavy atom. The Kier molecular flexibility index (Phi) is 8.88. The van der Waals surface area contributed by atoms with Crippen LogP contribution in [0.5, 0.6) is 0 Å². The van der Waals surface area contributed by atoms with Gasteiger partial charge in [-0.1, -0.05) is 37.6 Å². The van der Waals surface area contributed by atoms with Gasteiger partial charge in [-0.25, -0.2) is 9.18 Å². The second-order valence-electron chi connectivity index (χ2n) is 9.03. The lowest BCUT2D eigenvalue weighted by Gasteiger charge is -2.37. The highest BCUT2D eigenvalue weighted by Crippen LogP contribution is 2.38. The molecule has 0 bridgehead atoms. The molecule has 2 rings (SSSR count). The summed E-state index contributed by atoms with van der Waals surface area (Å²) >= 11 is 0. The molecule has 1 aliphatic rings. The monoisotopic (exact) mass is 417 g/mol. The molecule has 3 unspecified atom stereocenters. The van der Waals surface area contributed by atoms with Gasteiger partial charge in [0.25, 0.3) is 0 Å². The summed E-state index contributed by atoms with van der Waals surface area (Å²) < 4.78 is 13.0. The van der Waals surface area contributed by atoms with E-state index >= 15 is 0 Å². The van der Waals surface area contributed by atoms with Crippen molar-refractivity contribution in [1.82, 2.24) is 16.0 Å². The Labute approximate surface area is 179 Å². The van der Waals surface area contributed by atoms with Crippen LogP contribution in [-0.4, -0.2) is 24.5 Å². The Bertz CT molecular complexity index is 743. The second kappa shape index (κ2) is 11.1. The van der Waals surface area contributed by atoms with Crippen molar-refractivity contribution in [3.05, 3.63) is 47.3 Å². The van der Waals surface area contributed by atoms with Crippen LogP contribution in [0.2, 0.25) is 0 Å². The van der Waals surface area contributed by atoms with Gasteiger partial charge in [-0.05, 0) is 68.6 Å². The topological polar surface area (TPSA) is 70.2 Å². The number of urea groups is 1. The molecular formula is C24H36FN3O2. The molecular weight excluding hydrogens is 381 g/mol. The van der Waals surface area contributed by atoms with Gasteiger partial charge in [-0.15, -0.1) is 0 Å². The normalized spacial score (nSPS) is 21.3. The average molecular weight is 418 g/mol. The SMILES string of the molecule is CC1=CC(CNC(=O)NC(C)C)C(C(C)C)CC1CC(=O)NCc1ccc(F)cc1. The van der Waals surface area contributed by atoms with Gasteiger partial charge in [-0.2, -0.15) is 0 Å². The number of hydrogen-bond acceptors (Lipinski definition) is 2. The summed E-state index contributed by atoms with van der Waals surface area (Å²) in [5.41, 5.74) is 2.09. The van der Waals surface area contributed by atoms with Gasteiger partial charge in [0, 0.05) is 25.6 Å². The van der Waals surface area contributed by atoms with Crippen LogP contribution in [0.3, 0.4) is 0 Å². The molecule has 1 aromatic carbocycles. The fraction of sp³-hybridized carbons (Fsp3) is 0.583. The van der Waals surface area contributed by atoms with Crippen molar-refractivity contribution in [2.75, 3.05) is 6.54 Å². The maximum atomic E-state index is 13.0. The van der Waals surface area contributed by atoms with Crippen LogP contribution in [0.25, 0.3) is 0 Å². The smallest absolute Gasteiger partial charge is 0.315 e. The van der Waals surface area contributed by atoms with Crippen molar-refractivity contribution in [1.29, 1.82) is 0 Å². The minimum Gasteiger partial charge on any atom is -0.352 e. The molecule has 30 heavy (non-hydrogen) atoms. The zero-order valence-electron chi connectivity index (χ0n) is 18.8. The van der Waals surface area contributed by atoms with Gasteiger partial charge < -0.3 is 16.0 Å². The molecule has 0 fully saturated rings. The lowest BCUT2D eigenvalue weighted by Crippen LogP contribution is -2.43. The number of benzene rings is 1. The van der Waals surface area contributed by atoms with Crippen molar-refractivity contribution >= 4 is 11.9 Å². The van der Waals surface area contributed by atoms with E-state index in [1.54, 1.807) is 12.1 Å². The van der Waals surface area contributed by atoms with Crippen LogP contribution in [0.1, 0.15) is 53.0 Å². The zero-order valence-corrected chi connectivity index (χ0v) is 18.8. The van der Waals surface area contributed by atoms with Gasteiger partial charge in [0.15, 0.2) is 0 Å². The third-order valence-corrected chi connectivity index (χ3v) is 5.84. The maximum Gasteiger partial charge on any atom is 0.315 e. The highest BCUT2D eigenvalue weighted by molar-refractivity contribution is 5.76. The molecule has 0 saturated heterocycles. The number of halogens is 1. The Balaban J connectivity index is 1.92. The Hall–Kier alpha value is -2.37. The maximum absolute atomic E-state index is 13.0. The number of allylic oxidation sites excluding steroid dienone is 1. The Morgan fingerprint density at radius 1 is 1.10 bits per heavy atom. The van der Waals surface area contributed by atoms with E-state index in [9.17, 15) is 14.0 Å². The number of carbonyl (C=O) groups excluding carboxylic acids is 2. The van der Waals surface area contributed by atoms with E-state index in [2.05, 4.69) is 42.8 Å². The van der Waals surface area contributed by atoms with Crippen molar-refractivity contribution in [2.24, 2.45) is 23.7 Å². The van der Waals surface area contributed by atoms with Gasteiger partial charge in [-0.3, -0.25) is 4.79 Å². The molecule has 6 heteroatoms. The summed E-state index contributed by atoms with van der Waals surface area (Å²) in [5, 5.41) is 8.79. The summed E-state index contributed by atoms with van der Waals surface area (Å²) in [5.74, 6) is 1.06. The van der Waals surface area contributed by atoms with E-state index in [0.29, 0.717) is 31.3 Å². The highest BCUT2D eigenvalue weighted by Gasteiger charge is 2.32. The molecule has 0 saturated carbocycles. The molecule has 3 amide bonds. The van der Waals surface area contributed by atoms with Crippen LogP contribution >= 0.6 is 0 Å². The summed E-state index contributed by atoms with van der Waals surface area (Å²) in [6, 6.07) is 6.14. The first-order chi connectivity index (χ1) is 14.2. The zero-order chi connectivity index (χ0) is 22.3. The number of hydrogen-bond donors (Lipinski definition) is 3. The molecule has 0 radical (unpaired) electrons. The van der Waals surface area contributed by atoms with E-state index in [-0.39, 0.29) is 35.6 Å². The van der Waals surface area contributed by atoms with E-state index in [1.807, 2.05) is 13.8 Å². The molecule has 1 aromatic rings. The first-order valence-electron chi connectivity index (χ1n) is 10.9. The molecule has 3 N–H and O–H groups in total. The molecule has 166 valence electrons. The molecule has 0 aromatic heterocycles. The van der Waals surface area contributed by atoms with Gasteiger partial charge >= 0.3 is 6.03 Å². The van der Waals surface area contributed by atoms with E-state index < -0.39 is 0 Å². The molecule has 0 heterocycles. The Morgan fingerprint density at radius 3 is 2.37 bits per heavy atom. The van der Waals surface area contributed by atoms with Gasteiger partial charge in [0.05, 0.1) is 0 Å². The first kappa shape index (κ1) is 23.9. The number of amides is 3. The summed E-state index contributed by atoms with van der Waals surface area (Å²) in [7, 11) is 0. The van der Waals surface area contributed by atoms with E-state index in [0.717, 1.165) is 12.0 Å². The third-order valence-electron chi connectivity index (χ3n) is 5.84. The standard InChI is InChI=1S/C24H36FN3O2/c1-15(2)22-11-19(12-23(29)26-13-18-6-8-21(25)9-7-18)17(5)10-20(22)14-27-24(30)28-16(3)4/h6-10,15-16,19-20,22H,11-14H2,1-5H3,(H,26,29)(H2,27,28,30). The fourth-order valence-corrected chi connectivity index (χ4v) is 4.13. The van der Waals surface area contributed by atoms with Gasteiger partial charge in [0.1, 0.15) is 5.82 Å². The number of carbonyl (C=O) groups is 2. The van der Waals surface area contributed by atoms with E-state index in [4.69, 9.17) is 0 Å². The largest absolute Gasteiger partial charge is 0.352 e. The summed E-state index contributed by atoms with van der Waals surface area (Å²) in [6.45, 7) is 11.4. The van der Waals surface area contributed by atoms with Crippen molar-refractivity contribution in [3.63, 3.8) is 0 Å². The number of rotatable bonds is 8. The average Bonchev–Trinajstić information content (AvgIpc) is 2.67. The predicted molar refractivity (Wildman–Crippen MR) is 118 cm³/mol. The molecule has 3 atom stereocenters. The van der Waals surface area contributed by atoms with Crippen molar-refractivity contribution < 1.29 is 14.0 Å². The van der Waals surface area contributed by atoms with Crippen LogP contribution in [0, 0.1) is 29.5 Å². The third kappa shape index (κ3) is 7.47. The van der Waals surface area contributed by atoms with Crippen LogP contribution < -0.4 is 16.0 Å². The van der Waals surface area contributed by atoms with Crippen LogP contribution in [0.4, 0.5) is 9.18 Å². The minimum atomic E-state index is -0.279. The molecule has 0 spiro atoms. The summed E-state index contributed by atoms with van der Waals surface area (Å²) in [4.78, 5) is 24.5. The molecule has 5 nitrogen and oxygen atoms in total. The lowest BCUT2D eigenvalue weighted by molar-refractivity contribution is -0.122. The fourth-order valence-electron chi connectivity index (χ4n) is 4.13. The van der Waals surface area contributed by atoms with Crippen molar-refractivity contribution in [3.8, 4) is 0 Å². The van der Waals surface area contributed by atoms with Crippen LogP contribution in [0.15, 0.2) is 35.9 Å². The minimum absolute atomic E-state index is 0.00691. The second-order valence-corrected chi connectivity index (χ2v) is 9.03. The quantitative estimate of drug-likeness (QED) is 0.549. The lowest BCUT2D eigenvalue weighted by atomic mass is 9.70. The van der Waals surface area contributed by atoms with Gasteiger partial charge in [0.2, 0.25) is 5.91 Å². The first-order valence-corrected chi connectivity index (χ1v) is 10.9. The molecule has 0 aliphatic heterocycles. The number of nitrogens with one attached hydrogen (secondary N) is 3. The summed E-state index contributed by atoms with van der Waals surface area (Å²) in [6.07, 6.45) is 3.62.